The predicted octanol–water partition coefficient (Wildman–Crippen LogP) is 4.11. The molecule has 1 aliphatic heterocycles. The van der Waals surface area contributed by atoms with E-state index in [9.17, 15) is 18.8 Å². The molecule has 1 atom stereocenters. The number of carbonyl (C=O) groups is 3. The standard InChI is InChI=1S/C25H29BrFN3O3/c1-3-29(4-2)25(33)22(28-23(31)18-8-10-21(27)11-9-18)17-12-14-30(15-13-17)24(32)19-6-5-7-20(26)16-19/h5-11,16-17,22H,3-4,12-15H2,1-2H3,(H,28,31)/t22-/m0/s1. The van der Waals surface area contributed by atoms with Crippen molar-refractivity contribution in [2.45, 2.75) is 32.7 Å². The second kappa shape index (κ2) is 11.4. The van der Waals surface area contributed by atoms with Crippen molar-refractivity contribution in [3.63, 3.8) is 0 Å². The first kappa shape index (κ1) is 24.9. The largest absolute Gasteiger partial charge is 0.341 e. The fraction of sp³-hybridized carbons (Fsp3) is 0.400. The number of amides is 3. The summed E-state index contributed by atoms with van der Waals surface area (Å²) in [7, 11) is 0. The molecule has 1 aliphatic rings. The van der Waals surface area contributed by atoms with E-state index < -0.39 is 17.8 Å². The number of rotatable bonds is 7. The van der Waals surface area contributed by atoms with Gasteiger partial charge in [0.15, 0.2) is 0 Å². The normalized spacial score (nSPS) is 15.1. The molecule has 2 aromatic rings. The average molecular weight is 518 g/mol. The molecule has 0 aromatic heterocycles. The molecule has 0 spiro atoms. The van der Waals surface area contributed by atoms with Crippen LogP contribution in [-0.4, -0.2) is 59.7 Å². The molecular formula is C25H29BrFN3O3. The number of likely N-dealkylation sites (N-methyl/N-ethyl adjacent to an activating group) is 1. The highest BCUT2D eigenvalue weighted by atomic mass is 79.9. The van der Waals surface area contributed by atoms with E-state index in [1.54, 1.807) is 21.9 Å². The Morgan fingerprint density at radius 1 is 1.06 bits per heavy atom. The van der Waals surface area contributed by atoms with E-state index in [4.69, 9.17) is 0 Å². The second-order valence-corrected chi connectivity index (χ2v) is 9.02. The Morgan fingerprint density at radius 2 is 1.70 bits per heavy atom. The molecule has 1 heterocycles. The molecule has 6 nitrogen and oxygen atoms in total. The minimum Gasteiger partial charge on any atom is -0.341 e. The lowest BCUT2D eigenvalue weighted by Crippen LogP contribution is -2.54. The fourth-order valence-corrected chi connectivity index (χ4v) is 4.58. The topological polar surface area (TPSA) is 69.7 Å². The predicted molar refractivity (Wildman–Crippen MR) is 128 cm³/mol. The molecule has 3 rings (SSSR count). The Balaban J connectivity index is 1.73. The molecule has 1 N–H and O–H groups in total. The lowest BCUT2D eigenvalue weighted by molar-refractivity contribution is -0.134. The molecule has 8 heteroatoms. The first-order valence-corrected chi connectivity index (χ1v) is 12.0. The molecule has 0 unspecified atom stereocenters. The first-order valence-electron chi connectivity index (χ1n) is 11.2. The van der Waals surface area contributed by atoms with E-state index in [2.05, 4.69) is 21.2 Å². The van der Waals surface area contributed by atoms with Gasteiger partial charge in [-0.05, 0) is 75.1 Å². The maximum atomic E-state index is 13.3. The molecule has 2 aromatic carbocycles. The lowest BCUT2D eigenvalue weighted by Gasteiger charge is -2.37. The highest BCUT2D eigenvalue weighted by Gasteiger charge is 2.35. The van der Waals surface area contributed by atoms with Crippen LogP contribution in [0.2, 0.25) is 0 Å². The summed E-state index contributed by atoms with van der Waals surface area (Å²) < 4.78 is 14.1. The Bertz CT molecular complexity index is 987. The van der Waals surface area contributed by atoms with Gasteiger partial charge in [0.25, 0.3) is 11.8 Å². The number of piperidine rings is 1. The summed E-state index contributed by atoms with van der Waals surface area (Å²) in [5, 5.41) is 2.89. The molecule has 0 aliphatic carbocycles. The quantitative estimate of drug-likeness (QED) is 0.600. The van der Waals surface area contributed by atoms with E-state index in [0.717, 1.165) is 4.47 Å². The van der Waals surface area contributed by atoms with Gasteiger partial charge in [0.05, 0.1) is 0 Å². The zero-order chi connectivity index (χ0) is 24.0. The number of hydrogen-bond acceptors (Lipinski definition) is 3. The van der Waals surface area contributed by atoms with Crippen LogP contribution in [0, 0.1) is 11.7 Å². The van der Waals surface area contributed by atoms with Gasteiger partial charge in [-0.25, -0.2) is 4.39 Å². The van der Waals surface area contributed by atoms with Crippen LogP contribution in [0.3, 0.4) is 0 Å². The summed E-state index contributed by atoms with van der Waals surface area (Å²) in [6.45, 7) is 5.89. The molecule has 176 valence electrons. The van der Waals surface area contributed by atoms with Crippen LogP contribution in [0.5, 0.6) is 0 Å². The van der Waals surface area contributed by atoms with Crippen molar-refractivity contribution in [2.75, 3.05) is 26.2 Å². The van der Waals surface area contributed by atoms with Crippen LogP contribution < -0.4 is 5.32 Å². The third-order valence-corrected chi connectivity index (χ3v) is 6.60. The molecular weight excluding hydrogens is 489 g/mol. The molecule has 0 saturated carbocycles. The molecule has 0 radical (unpaired) electrons. The van der Waals surface area contributed by atoms with Gasteiger partial charge in [0.2, 0.25) is 5.91 Å². The first-order chi connectivity index (χ1) is 15.8. The molecule has 1 saturated heterocycles. The SMILES string of the molecule is CCN(CC)C(=O)[C@@H](NC(=O)c1ccc(F)cc1)C1CCN(C(=O)c2cccc(Br)c2)CC1. The van der Waals surface area contributed by atoms with Crippen LogP contribution in [0.25, 0.3) is 0 Å². The smallest absolute Gasteiger partial charge is 0.253 e. The van der Waals surface area contributed by atoms with Gasteiger partial charge in [0, 0.05) is 41.8 Å². The highest BCUT2D eigenvalue weighted by Crippen LogP contribution is 2.24. The second-order valence-electron chi connectivity index (χ2n) is 8.11. The van der Waals surface area contributed by atoms with Crippen molar-refractivity contribution < 1.29 is 18.8 Å². The van der Waals surface area contributed by atoms with Gasteiger partial charge in [-0.2, -0.15) is 0 Å². The van der Waals surface area contributed by atoms with E-state index in [0.29, 0.717) is 50.1 Å². The van der Waals surface area contributed by atoms with Crippen LogP contribution >= 0.6 is 15.9 Å². The van der Waals surface area contributed by atoms with Crippen LogP contribution in [-0.2, 0) is 4.79 Å². The van der Waals surface area contributed by atoms with Gasteiger partial charge >= 0.3 is 0 Å². The number of nitrogens with zero attached hydrogens (tertiary/aromatic N) is 2. The zero-order valence-electron chi connectivity index (χ0n) is 18.9. The van der Waals surface area contributed by atoms with Crippen molar-refractivity contribution in [3.8, 4) is 0 Å². The summed E-state index contributed by atoms with van der Waals surface area (Å²) in [4.78, 5) is 42.5. The van der Waals surface area contributed by atoms with Crippen molar-refractivity contribution >= 4 is 33.7 Å². The Hall–Kier alpha value is -2.74. The van der Waals surface area contributed by atoms with Crippen molar-refractivity contribution in [1.29, 1.82) is 0 Å². The number of benzene rings is 2. The fourth-order valence-electron chi connectivity index (χ4n) is 4.18. The van der Waals surface area contributed by atoms with Gasteiger partial charge in [-0.15, -0.1) is 0 Å². The average Bonchev–Trinajstić information content (AvgIpc) is 2.83. The van der Waals surface area contributed by atoms with Crippen molar-refractivity contribution in [2.24, 2.45) is 5.92 Å². The van der Waals surface area contributed by atoms with E-state index in [-0.39, 0.29) is 17.7 Å². The van der Waals surface area contributed by atoms with Crippen LogP contribution in [0.1, 0.15) is 47.4 Å². The van der Waals surface area contributed by atoms with Gasteiger partial charge in [-0.1, -0.05) is 22.0 Å². The minimum atomic E-state index is -0.703. The third kappa shape index (κ3) is 6.19. The summed E-state index contributed by atoms with van der Waals surface area (Å²) in [5.74, 6) is -1.11. The van der Waals surface area contributed by atoms with Crippen molar-refractivity contribution in [3.05, 3.63) is 69.9 Å². The summed E-state index contributed by atoms with van der Waals surface area (Å²) in [6, 6.07) is 11.8. The third-order valence-electron chi connectivity index (χ3n) is 6.10. The number of nitrogens with one attached hydrogen (secondary N) is 1. The van der Waals surface area contributed by atoms with Crippen LogP contribution in [0.15, 0.2) is 53.0 Å². The molecule has 33 heavy (non-hydrogen) atoms. The van der Waals surface area contributed by atoms with Gasteiger partial charge in [-0.3, -0.25) is 14.4 Å². The van der Waals surface area contributed by atoms with Gasteiger partial charge < -0.3 is 15.1 Å². The highest BCUT2D eigenvalue weighted by molar-refractivity contribution is 9.10. The summed E-state index contributed by atoms with van der Waals surface area (Å²) in [6.07, 6.45) is 1.20. The Labute approximate surface area is 202 Å². The Kier molecular flexibility index (Phi) is 8.61. The Morgan fingerprint density at radius 3 is 2.27 bits per heavy atom. The number of halogens is 2. The summed E-state index contributed by atoms with van der Waals surface area (Å²) in [5.41, 5.74) is 0.916. The maximum Gasteiger partial charge on any atom is 0.253 e. The van der Waals surface area contributed by atoms with E-state index in [1.807, 2.05) is 26.0 Å². The monoisotopic (exact) mass is 517 g/mol. The van der Waals surface area contributed by atoms with Gasteiger partial charge in [0.1, 0.15) is 11.9 Å². The van der Waals surface area contributed by atoms with Crippen molar-refractivity contribution in [1.82, 2.24) is 15.1 Å². The van der Waals surface area contributed by atoms with E-state index in [1.165, 1.54) is 24.3 Å². The minimum absolute atomic E-state index is 0.0447. The lowest BCUT2D eigenvalue weighted by atomic mass is 9.87. The number of carbonyl (C=O) groups excluding carboxylic acids is 3. The number of hydrogen-bond donors (Lipinski definition) is 1. The van der Waals surface area contributed by atoms with E-state index >= 15 is 0 Å². The number of likely N-dealkylation sites (tertiary alicyclic amines) is 1. The molecule has 1 fully saturated rings. The zero-order valence-corrected chi connectivity index (χ0v) is 20.5. The van der Waals surface area contributed by atoms with Crippen LogP contribution in [0.4, 0.5) is 4.39 Å². The maximum absolute atomic E-state index is 13.3. The summed E-state index contributed by atoms with van der Waals surface area (Å²) >= 11 is 3.40. The molecule has 0 bridgehead atoms. The molecule has 3 amide bonds.